The van der Waals surface area contributed by atoms with E-state index < -0.39 is 0 Å². The first-order valence-electron chi connectivity index (χ1n) is 3.03. The Bertz CT molecular complexity index is 228. The number of nitrogens with two attached hydrogens (primary N) is 1. The van der Waals surface area contributed by atoms with Gasteiger partial charge in [0.15, 0.2) is 5.78 Å². The van der Waals surface area contributed by atoms with Gasteiger partial charge in [0.25, 0.3) is 0 Å². The largest absolute Gasteiger partial charge is 0.405 e. The van der Waals surface area contributed by atoms with Crippen molar-refractivity contribution in [2.45, 2.75) is 6.92 Å². The standard InChI is InChI=1S/C8H10ClNO/c1-6(9)5-8(3-4-10)7(2)11/h3-5H,1,10H2,2H3/b4-3-,8-5+. The lowest BCUT2D eigenvalue weighted by atomic mass is 10.1. The molecular formula is C8H10ClNO. The zero-order valence-corrected chi connectivity index (χ0v) is 7.06. The van der Waals surface area contributed by atoms with Crippen LogP contribution >= 0.6 is 11.6 Å². The fourth-order valence-corrected chi connectivity index (χ4v) is 0.657. The van der Waals surface area contributed by atoms with Crippen LogP contribution in [0.25, 0.3) is 0 Å². The van der Waals surface area contributed by atoms with Crippen LogP contribution in [-0.2, 0) is 4.79 Å². The highest BCUT2D eigenvalue weighted by Gasteiger charge is 1.97. The zero-order chi connectivity index (χ0) is 8.85. The van der Waals surface area contributed by atoms with Crippen LogP contribution in [0.1, 0.15) is 6.92 Å². The number of hydrogen-bond donors (Lipinski definition) is 1. The molecule has 0 unspecified atom stereocenters. The van der Waals surface area contributed by atoms with Crippen molar-refractivity contribution in [2.75, 3.05) is 0 Å². The van der Waals surface area contributed by atoms with E-state index >= 15 is 0 Å². The van der Waals surface area contributed by atoms with Gasteiger partial charge in [0.05, 0.1) is 0 Å². The van der Waals surface area contributed by atoms with Gasteiger partial charge in [-0.05, 0) is 25.3 Å². The van der Waals surface area contributed by atoms with Gasteiger partial charge in [0, 0.05) is 10.6 Å². The highest BCUT2D eigenvalue weighted by Crippen LogP contribution is 2.06. The number of hydrogen-bond acceptors (Lipinski definition) is 2. The molecule has 0 fully saturated rings. The Labute approximate surface area is 71.0 Å². The molecule has 0 bridgehead atoms. The monoisotopic (exact) mass is 171 g/mol. The minimum atomic E-state index is -0.0894. The molecule has 11 heavy (non-hydrogen) atoms. The third-order valence-corrected chi connectivity index (χ3v) is 1.10. The number of rotatable bonds is 3. The summed E-state index contributed by atoms with van der Waals surface area (Å²) in [5.41, 5.74) is 5.55. The minimum absolute atomic E-state index is 0.0894. The maximum absolute atomic E-state index is 10.8. The molecule has 0 aromatic rings. The second-order valence-electron chi connectivity index (χ2n) is 1.96. The molecule has 2 N–H and O–H groups in total. The van der Waals surface area contributed by atoms with E-state index in [1.54, 1.807) is 0 Å². The first-order valence-corrected chi connectivity index (χ1v) is 3.41. The Morgan fingerprint density at radius 2 is 2.18 bits per heavy atom. The van der Waals surface area contributed by atoms with Gasteiger partial charge < -0.3 is 5.73 Å². The molecule has 0 saturated carbocycles. The first kappa shape index (κ1) is 9.98. The predicted octanol–water partition coefficient (Wildman–Crippen LogP) is 1.73. The van der Waals surface area contributed by atoms with Crippen molar-refractivity contribution >= 4 is 17.4 Å². The number of allylic oxidation sites excluding steroid dienone is 4. The van der Waals surface area contributed by atoms with Crippen molar-refractivity contribution in [3.8, 4) is 0 Å². The molecule has 0 heterocycles. The summed E-state index contributed by atoms with van der Waals surface area (Å²) in [6, 6.07) is 0. The van der Waals surface area contributed by atoms with E-state index in [0.29, 0.717) is 10.6 Å². The van der Waals surface area contributed by atoms with Gasteiger partial charge in [0.1, 0.15) is 0 Å². The molecule has 0 radical (unpaired) electrons. The molecule has 2 nitrogen and oxygen atoms in total. The smallest absolute Gasteiger partial charge is 0.159 e. The van der Waals surface area contributed by atoms with Crippen molar-refractivity contribution in [2.24, 2.45) is 5.73 Å². The number of halogens is 1. The predicted molar refractivity (Wildman–Crippen MR) is 47.1 cm³/mol. The van der Waals surface area contributed by atoms with Crippen LogP contribution < -0.4 is 5.73 Å². The van der Waals surface area contributed by atoms with Crippen molar-refractivity contribution in [1.82, 2.24) is 0 Å². The molecule has 0 rings (SSSR count). The van der Waals surface area contributed by atoms with Gasteiger partial charge in [-0.25, -0.2) is 0 Å². The molecule has 3 heteroatoms. The van der Waals surface area contributed by atoms with Crippen molar-refractivity contribution in [3.05, 3.63) is 35.5 Å². The lowest BCUT2D eigenvalue weighted by Gasteiger charge is -1.93. The van der Waals surface area contributed by atoms with Crippen molar-refractivity contribution in [1.29, 1.82) is 0 Å². The summed E-state index contributed by atoms with van der Waals surface area (Å²) in [6.45, 7) is 4.86. The Kier molecular flexibility index (Phi) is 4.30. The molecule has 0 aliphatic rings. The number of carbonyl (C=O) groups excluding carboxylic acids is 1. The van der Waals surface area contributed by atoms with E-state index in [2.05, 4.69) is 6.58 Å². The van der Waals surface area contributed by atoms with Crippen LogP contribution in [0.5, 0.6) is 0 Å². The quantitative estimate of drug-likeness (QED) is 0.519. The molecule has 0 atom stereocenters. The van der Waals surface area contributed by atoms with E-state index in [0.717, 1.165) is 0 Å². The highest BCUT2D eigenvalue weighted by atomic mass is 35.5. The maximum atomic E-state index is 10.8. The van der Waals surface area contributed by atoms with Crippen molar-refractivity contribution < 1.29 is 4.79 Å². The molecule has 0 amide bonds. The van der Waals surface area contributed by atoms with Gasteiger partial charge >= 0.3 is 0 Å². The van der Waals surface area contributed by atoms with Crippen LogP contribution in [0.15, 0.2) is 35.5 Å². The van der Waals surface area contributed by atoms with E-state index in [-0.39, 0.29) is 5.78 Å². The van der Waals surface area contributed by atoms with Gasteiger partial charge in [-0.1, -0.05) is 18.2 Å². The molecule has 0 aliphatic heterocycles. The Hall–Kier alpha value is -1.02. The molecular weight excluding hydrogens is 162 g/mol. The van der Waals surface area contributed by atoms with Crippen LogP contribution in [0.3, 0.4) is 0 Å². The second kappa shape index (κ2) is 4.74. The third kappa shape index (κ3) is 4.39. The topological polar surface area (TPSA) is 43.1 Å². The average Bonchev–Trinajstić information content (AvgIpc) is 1.86. The van der Waals surface area contributed by atoms with E-state index in [1.165, 1.54) is 25.3 Å². The molecule has 0 aromatic heterocycles. The normalized spacial score (nSPS) is 12.0. The average molecular weight is 172 g/mol. The molecule has 0 saturated heterocycles. The molecule has 0 spiro atoms. The molecule has 60 valence electrons. The highest BCUT2D eigenvalue weighted by molar-refractivity contribution is 6.31. The molecule has 0 aliphatic carbocycles. The van der Waals surface area contributed by atoms with Crippen LogP contribution in [-0.4, -0.2) is 5.78 Å². The number of carbonyl (C=O) groups is 1. The zero-order valence-electron chi connectivity index (χ0n) is 6.30. The van der Waals surface area contributed by atoms with Crippen LogP contribution in [0.4, 0.5) is 0 Å². The van der Waals surface area contributed by atoms with Gasteiger partial charge in [-0.15, -0.1) is 0 Å². The second-order valence-corrected chi connectivity index (χ2v) is 2.45. The van der Waals surface area contributed by atoms with Gasteiger partial charge in [0.2, 0.25) is 0 Å². The van der Waals surface area contributed by atoms with Gasteiger partial charge in [-0.2, -0.15) is 0 Å². The summed E-state index contributed by atoms with van der Waals surface area (Å²) < 4.78 is 0. The SMILES string of the molecule is C=C(Cl)/C=C(\C=C/N)C(C)=O. The lowest BCUT2D eigenvalue weighted by Crippen LogP contribution is -1.94. The fourth-order valence-electron chi connectivity index (χ4n) is 0.539. The third-order valence-electron chi connectivity index (χ3n) is 0.994. The van der Waals surface area contributed by atoms with Gasteiger partial charge in [-0.3, -0.25) is 4.79 Å². The summed E-state index contributed by atoms with van der Waals surface area (Å²) in [7, 11) is 0. The maximum Gasteiger partial charge on any atom is 0.159 e. The Morgan fingerprint density at radius 1 is 1.64 bits per heavy atom. The molecule has 0 aromatic carbocycles. The minimum Gasteiger partial charge on any atom is -0.405 e. The Morgan fingerprint density at radius 3 is 2.45 bits per heavy atom. The van der Waals surface area contributed by atoms with E-state index in [4.69, 9.17) is 17.3 Å². The fraction of sp³-hybridized carbons (Fsp3) is 0.125. The number of Topliss-reactive ketones (excluding diaryl/α,β-unsaturated/α-hetero) is 1. The van der Waals surface area contributed by atoms with Crippen LogP contribution in [0.2, 0.25) is 0 Å². The summed E-state index contributed by atoms with van der Waals surface area (Å²) in [6.07, 6.45) is 4.23. The number of ketones is 1. The van der Waals surface area contributed by atoms with Crippen molar-refractivity contribution in [3.63, 3.8) is 0 Å². The summed E-state index contributed by atoms with van der Waals surface area (Å²) in [5.74, 6) is -0.0894. The summed E-state index contributed by atoms with van der Waals surface area (Å²) in [5, 5.41) is 0.313. The summed E-state index contributed by atoms with van der Waals surface area (Å²) >= 11 is 5.45. The Balaban J connectivity index is 4.59. The first-order chi connectivity index (χ1) is 5.07. The lowest BCUT2D eigenvalue weighted by molar-refractivity contribution is -0.113. The summed E-state index contributed by atoms with van der Waals surface area (Å²) in [4.78, 5) is 10.8. The van der Waals surface area contributed by atoms with Crippen LogP contribution in [0, 0.1) is 0 Å². The van der Waals surface area contributed by atoms with E-state index in [9.17, 15) is 4.79 Å². The van der Waals surface area contributed by atoms with E-state index in [1.807, 2.05) is 0 Å².